The molecule has 0 bridgehead atoms. The Morgan fingerprint density at radius 3 is 2.84 bits per heavy atom. The molecule has 1 fully saturated rings. The number of carbonyl (C=O) groups excluding carboxylic acids is 3. The third kappa shape index (κ3) is 2.93. The molecule has 0 aromatic carbocycles. The normalized spacial score (nSPS) is 22.8. The number of fused-ring (bicyclic) bond motifs is 1. The summed E-state index contributed by atoms with van der Waals surface area (Å²) in [5.74, 6) is -0.148. The van der Waals surface area contributed by atoms with Crippen molar-refractivity contribution in [3.63, 3.8) is 0 Å². The first-order chi connectivity index (χ1) is 15.3. The summed E-state index contributed by atoms with van der Waals surface area (Å²) in [7, 11) is 1.53. The van der Waals surface area contributed by atoms with Crippen LogP contribution in [0.2, 0.25) is 0 Å². The minimum absolute atomic E-state index is 0.0290. The molecule has 4 heterocycles. The summed E-state index contributed by atoms with van der Waals surface area (Å²) in [6.45, 7) is 1.92. The topological polar surface area (TPSA) is 153 Å². The molecular weight excluding hydrogens is 416 g/mol. The molecule has 0 spiro atoms. The van der Waals surface area contributed by atoms with Crippen LogP contribution < -0.4 is 16.4 Å². The number of ether oxygens (including phenoxy) is 1. The van der Waals surface area contributed by atoms with Gasteiger partial charge in [-0.3, -0.25) is 14.9 Å². The quantitative estimate of drug-likeness (QED) is 0.595. The van der Waals surface area contributed by atoms with E-state index in [1.165, 1.54) is 12.0 Å². The van der Waals surface area contributed by atoms with Gasteiger partial charge in [0.25, 0.3) is 11.8 Å². The molecule has 3 aliphatic rings. The molecule has 0 saturated carbocycles. The van der Waals surface area contributed by atoms with E-state index in [1.807, 2.05) is 12.2 Å². The van der Waals surface area contributed by atoms with E-state index in [0.717, 1.165) is 5.57 Å². The lowest BCUT2D eigenvalue weighted by Gasteiger charge is -2.29. The summed E-state index contributed by atoms with van der Waals surface area (Å²) in [4.78, 5) is 48.0. The molecule has 164 valence electrons. The second-order valence-electron chi connectivity index (χ2n) is 7.85. The third-order valence-electron chi connectivity index (χ3n) is 5.84. The van der Waals surface area contributed by atoms with Crippen molar-refractivity contribution in [2.45, 2.75) is 18.9 Å². The molecule has 32 heavy (non-hydrogen) atoms. The maximum Gasteiger partial charge on any atom is 0.322 e. The zero-order chi connectivity index (χ0) is 22.6. The van der Waals surface area contributed by atoms with Crippen LogP contribution in [0.3, 0.4) is 0 Å². The van der Waals surface area contributed by atoms with Gasteiger partial charge < -0.3 is 25.1 Å². The smallest absolute Gasteiger partial charge is 0.322 e. The number of allylic oxidation sites excluding steroid dienone is 2. The fourth-order valence-corrected chi connectivity index (χ4v) is 4.25. The van der Waals surface area contributed by atoms with E-state index < -0.39 is 17.5 Å². The van der Waals surface area contributed by atoms with Crippen molar-refractivity contribution in [1.82, 2.24) is 25.5 Å². The van der Waals surface area contributed by atoms with Crippen molar-refractivity contribution in [2.75, 3.05) is 25.9 Å². The fourth-order valence-electron chi connectivity index (χ4n) is 4.25. The number of aromatic nitrogens is 2. The van der Waals surface area contributed by atoms with E-state index in [0.29, 0.717) is 35.4 Å². The number of aryl methyl sites for hydroxylation is 1. The van der Waals surface area contributed by atoms with Gasteiger partial charge in [-0.15, -0.1) is 0 Å². The second-order valence-corrected chi connectivity index (χ2v) is 7.85. The van der Waals surface area contributed by atoms with Crippen molar-refractivity contribution < 1.29 is 23.5 Å². The van der Waals surface area contributed by atoms with E-state index >= 15 is 0 Å². The molecule has 2 aromatic rings. The minimum Gasteiger partial charge on any atom is -0.497 e. The predicted molar refractivity (Wildman–Crippen MR) is 112 cm³/mol. The van der Waals surface area contributed by atoms with Gasteiger partial charge in [0.1, 0.15) is 11.5 Å². The largest absolute Gasteiger partial charge is 0.497 e. The Hall–Kier alpha value is -4.15. The third-order valence-corrected chi connectivity index (χ3v) is 5.84. The number of rotatable bonds is 4. The van der Waals surface area contributed by atoms with Crippen LogP contribution in [-0.4, -0.2) is 52.9 Å². The van der Waals surface area contributed by atoms with Crippen LogP contribution in [0, 0.1) is 6.92 Å². The molecule has 11 nitrogen and oxygen atoms in total. The Balaban J connectivity index is 1.54. The van der Waals surface area contributed by atoms with Gasteiger partial charge in [-0.2, -0.15) is 4.98 Å². The molecule has 1 atom stereocenters. The number of imide groups is 1. The number of nitrogens with two attached hydrogens (primary N) is 1. The highest BCUT2D eigenvalue weighted by Gasteiger charge is 2.53. The van der Waals surface area contributed by atoms with Crippen LogP contribution in [0.1, 0.15) is 17.9 Å². The molecule has 1 aliphatic carbocycles. The number of urea groups is 1. The number of carbonyl (C=O) groups is 3. The summed E-state index contributed by atoms with van der Waals surface area (Å²) in [6.07, 6.45) is 5.99. The van der Waals surface area contributed by atoms with E-state index in [1.54, 1.807) is 19.1 Å². The number of nitrogens with one attached hydrogen (secondary N) is 2. The highest BCUT2D eigenvalue weighted by atomic mass is 16.5. The van der Waals surface area contributed by atoms with Gasteiger partial charge in [-0.1, -0.05) is 6.08 Å². The maximum atomic E-state index is 13.2. The lowest BCUT2D eigenvalue weighted by Crippen LogP contribution is -2.53. The lowest BCUT2D eigenvalue weighted by atomic mass is 9.95. The van der Waals surface area contributed by atoms with E-state index in [9.17, 15) is 14.4 Å². The Morgan fingerprint density at radius 2 is 2.12 bits per heavy atom. The molecule has 0 radical (unpaired) electrons. The average Bonchev–Trinajstić information content (AvgIpc) is 3.32. The van der Waals surface area contributed by atoms with Crippen molar-refractivity contribution in [3.8, 4) is 0 Å². The first-order valence-electron chi connectivity index (χ1n) is 9.92. The van der Waals surface area contributed by atoms with Crippen LogP contribution >= 0.6 is 0 Å². The van der Waals surface area contributed by atoms with E-state index in [-0.39, 0.29) is 29.9 Å². The van der Waals surface area contributed by atoms with Gasteiger partial charge in [0, 0.05) is 12.1 Å². The van der Waals surface area contributed by atoms with Gasteiger partial charge >= 0.3 is 6.03 Å². The lowest BCUT2D eigenvalue weighted by molar-refractivity contribution is -0.130. The molecule has 4 N–H and O–H groups in total. The number of methoxy groups -OCH3 is 1. The zero-order valence-electron chi connectivity index (χ0n) is 17.4. The Morgan fingerprint density at radius 1 is 1.31 bits per heavy atom. The Bertz CT molecular complexity index is 1290. The molecule has 2 aromatic heterocycles. The second kappa shape index (κ2) is 6.94. The van der Waals surface area contributed by atoms with Crippen LogP contribution in [0.5, 0.6) is 0 Å². The van der Waals surface area contributed by atoms with E-state index in [4.69, 9.17) is 14.9 Å². The van der Waals surface area contributed by atoms with Gasteiger partial charge in [0.15, 0.2) is 5.54 Å². The molecule has 4 amide bonds. The Kier molecular flexibility index (Phi) is 4.29. The molecule has 0 unspecified atom stereocenters. The first-order valence-corrected chi connectivity index (χ1v) is 9.92. The van der Waals surface area contributed by atoms with Crippen LogP contribution in [0.4, 0.5) is 10.7 Å². The van der Waals surface area contributed by atoms with Gasteiger partial charge in [-0.05, 0) is 37.1 Å². The number of hydrogen-bond acceptors (Lipinski definition) is 8. The predicted octanol–water partition coefficient (Wildman–Crippen LogP) is 0.777. The summed E-state index contributed by atoms with van der Waals surface area (Å²) < 4.78 is 11.1. The summed E-state index contributed by atoms with van der Waals surface area (Å²) in [5, 5.41) is 5.46. The van der Waals surface area contributed by atoms with Crippen molar-refractivity contribution in [2.24, 2.45) is 0 Å². The van der Waals surface area contributed by atoms with Crippen LogP contribution in [-0.2, 0) is 19.9 Å². The standard InChI is InChI=1S/C21H20N6O5/c1-10-13-7-15(32-16(13)24-19(22)23-10)21(18(29)25-20(30)26-21)9-27-8-11-4-3-5-12(31-2)6-14(11)17(27)28/h3,5-7H,4,8-9H2,1-2H3,(H2,22,23,24)(H2,25,26,29,30)/t21-/m0/s1. The van der Waals surface area contributed by atoms with Crippen molar-refractivity contribution >= 4 is 34.9 Å². The maximum absolute atomic E-state index is 13.2. The first kappa shape index (κ1) is 19.8. The number of anilines is 1. The van der Waals surface area contributed by atoms with Crippen molar-refractivity contribution in [1.29, 1.82) is 0 Å². The average molecular weight is 436 g/mol. The molecule has 5 rings (SSSR count). The Labute approximate surface area is 182 Å². The SMILES string of the molecule is COC1=CC2=C(CC=C1)CN(C[C@@]1(c3cc4c(C)nc(N)nc4o3)NC(=O)NC1=O)C2=O. The monoisotopic (exact) mass is 436 g/mol. The zero-order valence-corrected chi connectivity index (χ0v) is 17.4. The van der Waals surface area contributed by atoms with Crippen LogP contribution in [0.25, 0.3) is 11.1 Å². The number of furan rings is 1. The minimum atomic E-state index is -1.62. The number of hydrogen-bond donors (Lipinski definition) is 3. The summed E-state index contributed by atoms with van der Waals surface area (Å²) in [6, 6.07) is 0.920. The molecule has 2 aliphatic heterocycles. The van der Waals surface area contributed by atoms with E-state index in [2.05, 4.69) is 20.6 Å². The molecule has 11 heteroatoms. The highest BCUT2D eigenvalue weighted by molar-refractivity contribution is 6.08. The number of nitrogens with zero attached hydrogens (tertiary/aromatic N) is 3. The molecule has 1 saturated heterocycles. The summed E-state index contributed by atoms with van der Waals surface area (Å²) >= 11 is 0. The highest BCUT2D eigenvalue weighted by Crippen LogP contribution is 2.35. The fraction of sp³-hybridized carbons (Fsp3) is 0.286. The van der Waals surface area contributed by atoms with Gasteiger partial charge in [-0.25, -0.2) is 9.78 Å². The van der Waals surface area contributed by atoms with Gasteiger partial charge in [0.2, 0.25) is 11.7 Å². The summed E-state index contributed by atoms with van der Waals surface area (Å²) in [5.41, 5.74) is 6.27. The number of amides is 4. The van der Waals surface area contributed by atoms with Crippen LogP contribution in [0.15, 0.2) is 45.6 Å². The molecular formula is C21H20N6O5. The van der Waals surface area contributed by atoms with Gasteiger partial charge in [0.05, 0.1) is 24.7 Å². The van der Waals surface area contributed by atoms with Crippen molar-refractivity contribution in [3.05, 3.63) is 52.7 Å². The number of nitrogen functional groups attached to an aromatic ring is 1.